The maximum absolute atomic E-state index is 10.0. The molecule has 4 atom stereocenters. The lowest BCUT2D eigenvalue weighted by molar-refractivity contribution is -0.286. The van der Waals surface area contributed by atoms with Gasteiger partial charge in [0, 0.05) is 5.56 Å². The molecule has 2 fully saturated rings. The molecule has 0 amide bonds. The molecule has 0 spiro atoms. The van der Waals surface area contributed by atoms with E-state index in [2.05, 4.69) is 6.07 Å². The molecular formula is C19H18N4O2. The number of nitrogens with zero attached hydrogens (tertiary/aromatic N) is 3. The summed E-state index contributed by atoms with van der Waals surface area (Å²) in [5, 5.41) is 38.2. The van der Waals surface area contributed by atoms with Crippen LogP contribution in [0, 0.1) is 56.2 Å². The van der Waals surface area contributed by atoms with Gasteiger partial charge in [-0.25, -0.2) is 0 Å². The number of benzene rings is 1. The molecule has 1 aromatic rings. The SMILES string of the molecule is CCCC1OC2(c3ccccc3)OC(=N)C(C#N)(C2C)C1(C#N)C#N. The van der Waals surface area contributed by atoms with Crippen molar-refractivity contribution in [1.29, 1.82) is 21.2 Å². The summed E-state index contributed by atoms with van der Waals surface area (Å²) in [7, 11) is 0. The van der Waals surface area contributed by atoms with Gasteiger partial charge in [0.2, 0.25) is 11.7 Å². The van der Waals surface area contributed by atoms with Crippen LogP contribution in [-0.4, -0.2) is 12.0 Å². The lowest BCUT2D eigenvalue weighted by Crippen LogP contribution is -2.60. The second-order valence-electron chi connectivity index (χ2n) is 6.53. The fourth-order valence-corrected chi connectivity index (χ4v) is 4.17. The first-order chi connectivity index (χ1) is 12.0. The van der Waals surface area contributed by atoms with Gasteiger partial charge in [0.05, 0.1) is 30.2 Å². The molecule has 2 aliphatic heterocycles. The van der Waals surface area contributed by atoms with E-state index in [1.165, 1.54) is 0 Å². The van der Waals surface area contributed by atoms with Gasteiger partial charge in [-0.05, 0) is 6.42 Å². The monoisotopic (exact) mass is 334 g/mol. The lowest BCUT2D eigenvalue weighted by Gasteiger charge is -2.48. The van der Waals surface area contributed by atoms with Gasteiger partial charge >= 0.3 is 0 Å². The summed E-state index contributed by atoms with van der Waals surface area (Å²) in [6.07, 6.45) is 0.262. The Kier molecular flexibility index (Phi) is 3.79. The smallest absolute Gasteiger partial charge is 0.243 e. The van der Waals surface area contributed by atoms with E-state index in [1.807, 2.05) is 49.4 Å². The number of hydrogen-bond acceptors (Lipinski definition) is 6. The van der Waals surface area contributed by atoms with Crippen molar-refractivity contribution in [1.82, 2.24) is 0 Å². The zero-order chi connectivity index (χ0) is 18.3. The molecule has 0 saturated carbocycles. The van der Waals surface area contributed by atoms with E-state index < -0.39 is 28.6 Å². The maximum atomic E-state index is 10.0. The van der Waals surface area contributed by atoms with Crippen molar-refractivity contribution >= 4 is 5.90 Å². The maximum Gasteiger partial charge on any atom is 0.243 e. The molecule has 2 aliphatic rings. The van der Waals surface area contributed by atoms with E-state index in [4.69, 9.17) is 14.9 Å². The van der Waals surface area contributed by atoms with Crippen LogP contribution in [0.3, 0.4) is 0 Å². The van der Waals surface area contributed by atoms with E-state index in [0.717, 1.165) is 0 Å². The fraction of sp³-hybridized carbons (Fsp3) is 0.474. The van der Waals surface area contributed by atoms with Crippen LogP contribution in [0.5, 0.6) is 0 Å². The van der Waals surface area contributed by atoms with Crippen LogP contribution in [0.1, 0.15) is 32.3 Å². The summed E-state index contributed by atoms with van der Waals surface area (Å²) in [4.78, 5) is 0. The highest BCUT2D eigenvalue weighted by Gasteiger charge is 2.79. The van der Waals surface area contributed by atoms with Crippen molar-refractivity contribution in [2.24, 2.45) is 16.7 Å². The molecule has 2 saturated heterocycles. The third kappa shape index (κ3) is 1.77. The number of rotatable bonds is 3. The van der Waals surface area contributed by atoms with Crippen LogP contribution in [0.4, 0.5) is 0 Å². The molecule has 25 heavy (non-hydrogen) atoms. The van der Waals surface area contributed by atoms with Gasteiger partial charge < -0.3 is 9.47 Å². The number of nitriles is 3. The summed E-state index contributed by atoms with van der Waals surface area (Å²) in [5.74, 6) is -2.40. The minimum absolute atomic E-state index is 0.368. The highest BCUT2D eigenvalue weighted by Crippen LogP contribution is 2.65. The van der Waals surface area contributed by atoms with Crippen LogP contribution < -0.4 is 0 Å². The Labute approximate surface area is 146 Å². The van der Waals surface area contributed by atoms with Gasteiger partial charge in [-0.2, -0.15) is 15.8 Å². The predicted molar refractivity (Wildman–Crippen MR) is 87.6 cm³/mol. The largest absolute Gasteiger partial charge is 0.443 e. The molecule has 0 aromatic heterocycles. The molecule has 2 heterocycles. The predicted octanol–water partition coefficient (Wildman–Crippen LogP) is 3.23. The molecule has 126 valence electrons. The van der Waals surface area contributed by atoms with E-state index in [1.54, 1.807) is 6.92 Å². The van der Waals surface area contributed by atoms with Crippen LogP contribution in [-0.2, 0) is 15.3 Å². The van der Waals surface area contributed by atoms with E-state index >= 15 is 0 Å². The molecule has 3 rings (SSSR count). The van der Waals surface area contributed by atoms with Crippen LogP contribution >= 0.6 is 0 Å². The van der Waals surface area contributed by atoms with Gasteiger partial charge in [0.25, 0.3) is 0 Å². The summed E-state index contributed by atoms with van der Waals surface area (Å²) in [6, 6.07) is 15.3. The topological polar surface area (TPSA) is 114 Å². The molecule has 2 bridgehead atoms. The Balaban J connectivity index is 2.31. The summed E-state index contributed by atoms with van der Waals surface area (Å²) < 4.78 is 12.1. The Bertz CT molecular complexity index is 818. The first kappa shape index (κ1) is 17.0. The normalized spacial score (nSPS) is 35.1. The van der Waals surface area contributed by atoms with Crippen molar-refractivity contribution in [2.45, 2.75) is 38.6 Å². The lowest BCUT2D eigenvalue weighted by atomic mass is 9.53. The van der Waals surface area contributed by atoms with E-state index in [0.29, 0.717) is 18.4 Å². The highest BCUT2D eigenvalue weighted by atomic mass is 16.7. The summed E-state index contributed by atoms with van der Waals surface area (Å²) in [6.45, 7) is 3.63. The van der Waals surface area contributed by atoms with E-state index in [9.17, 15) is 15.8 Å². The number of fused-ring (bicyclic) bond motifs is 2. The molecule has 1 N–H and O–H groups in total. The first-order valence-corrected chi connectivity index (χ1v) is 8.24. The Hall–Kier alpha value is -2.88. The molecule has 1 aromatic carbocycles. The quantitative estimate of drug-likeness (QED) is 0.911. The second kappa shape index (κ2) is 5.59. The van der Waals surface area contributed by atoms with Gasteiger partial charge in [-0.3, -0.25) is 5.41 Å². The van der Waals surface area contributed by atoms with Gasteiger partial charge in [0.15, 0.2) is 10.8 Å². The average Bonchev–Trinajstić information content (AvgIpc) is 2.80. The zero-order valence-electron chi connectivity index (χ0n) is 14.1. The van der Waals surface area contributed by atoms with E-state index in [-0.39, 0.29) is 5.90 Å². The van der Waals surface area contributed by atoms with Crippen molar-refractivity contribution in [3.8, 4) is 18.2 Å². The van der Waals surface area contributed by atoms with Crippen molar-refractivity contribution < 1.29 is 9.47 Å². The number of nitrogens with one attached hydrogen (secondary N) is 1. The van der Waals surface area contributed by atoms with Crippen molar-refractivity contribution in [2.75, 3.05) is 0 Å². The molecule has 0 aliphatic carbocycles. The number of hydrogen-bond donors (Lipinski definition) is 1. The second-order valence-corrected chi connectivity index (χ2v) is 6.53. The fourth-order valence-electron chi connectivity index (χ4n) is 4.17. The van der Waals surface area contributed by atoms with Crippen molar-refractivity contribution in [3.05, 3.63) is 35.9 Å². The zero-order valence-corrected chi connectivity index (χ0v) is 14.1. The first-order valence-electron chi connectivity index (χ1n) is 8.24. The van der Waals surface area contributed by atoms with Crippen LogP contribution in [0.25, 0.3) is 0 Å². The molecule has 4 unspecified atom stereocenters. The summed E-state index contributed by atoms with van der Waals surface area (Å²) >= 11 is 0. The van der Waals surface area contributed by atoms with Gasteiger partial charge in [0.1, 0.15) is 0 Å². The Morgan fingerprint density at radius 1 is 1.12 bits per heavy atom. The number of ether oxygens (including phenoxy) is 2. The summed E-state index contributed by atoms with van der Waals surface area (Å²) in [5.41, 5.74) is -2.79. The van der Waals surface area contributed by atoms with Gasteiger partial charge in [-0.15, -0.1) is 0 Å². The molecule has 0 radical (unpaired) electrons. The average molecular weight is 334 g/mol. The van der Waals surface area contributed by atoms with Crippen LogP contribution in [0.2, 0.25) is 0 Å². The van der Waals surface area contributed by atoms with Crippen LogP contribution in [0.15, 0.2) is 30.3 Å². The minimum atomic E-state index is -1.79. The Morgan fingerprint density at radius 2 is 1.76 bits per heavy atom. The standard InChI is InChI=1S/C19H18N4O2/c1-3-7-15-17(10-20,11-21)18(12-22)13(2)19(24-15,25-16(18)23)14-8-5-4-6-9-14/h4-6,8-9,13,15,23H,3,7H2,1-2H3. The minimum Gasteiger partial charge on any atom is -0.443 e. The van der Waals surface area contributed by atoms with Gasteiger partial charge in [-0.1, -0.05) is 50.6 Å². The molecule has 6 heteroatoms. The molecule has 6 nitrogen and oxygen atoms in total. The third-order valence-corrected chi connectivity index (χ3v) is 5.51. The highest BCUT2D eigenvalue weighted by molar-refractivity contribution is 5.89. The molecular weight excluding hydrogens is 316 g/mol. The van der Waals surface area contributed by atoms with Crippen molar-refractivity contribution in [3.63, 3.8) is 0 Å². The Morgan fingerprint density at radius 3 is 2.28 bits per heavy atom. The third-order valence-electron chi connectivity index (χ3n) is 5.51.